The second-order valence-corrected chi connectivity index (χ2v) is 6.11. The third kappa shape index (κ3) is 1.42. The van der Waals surface area contributed by atoms with Crippen LogP contribution in [0.4, 0.5) is 0 Å². The maximum atomic E-state index is 2.31. The van der Waals surface area contributed by atoms with E-state index in [-0.39, 0.29) is 0 Å². The van der Waals surface area contributed by atoms with Gasteiger partial charge in [0.1, 0.15) is 0 Å². The van der Waals surface area contributed by atoms with E-state index in [1.807, 2.05) is 0 Å². The molecule has 0 heterocycles. The van der Waals surface area contributed by atoms with E-state index in [4.69, 9.17) is 0 Å². The molecule has 4 aromatic carbocycles. The van der Waals surface area contributed by atoms with Gasteiger partial charge in [0, 0.05) is 0 Å². The lowest BCUT2D eigenvalue weighted by Crippen LogP contribution is -1.92. The van der Waals surface area contributed by atoms with E-state index in [1.54, 1.807) is 0 Å². The van der Waals surface area contributed by atoms with E-state index in [9.17, 15) is 0 Å². The van der Waals surface area contributed by atoms with E-state index < -0.39 is 0 Å². The molecule has 0 aromatic heterocycles. The highest BCUT2D eigenvalue weighted by Crippen LogP contribution is 2.38. The predicted molar refractivity (Wildman–Crippen MR) is 89.0 cm³/mol. The molecule has 0 spiro atoms. The average molecular weight is 258 g/mol. The molecule has 0 saturated carbocycles. The van der Waals surface area contributed by atoms with Crippen LogP contribution in [0.5, 0.6) is 0 Å². The second-order valence-electron chi connectivity index (χ2n) is 6.11. The highest BCUT2D eigenvalue weighted by Gasteiger charge is 2.12. The molecule has 98 valence electrons. The van der Waals surface area contributed by atoms with E-state index >= 15 is 0 Å². The van der Waals surface area contributed by atoms with Crippen molar-refractivity contribution in [2.24, 2.45) is 0 Å². The Bertz CT molecular complexity index is 929. The second kappa shape index (κ2) is 3.96. The Morgan fingerprint density at radius 2 is 1.20 bits per heavy atom. The molecule has 0 nitrogen and oxygen atoms in total. The fourth-order valence-electron chi connectivity index (χ4n) is 3.47. The number of benzene rings is 4. The van der Waals surface area contributed by atoms with Crippen LogP contribution in [0.2, 0.25) is 0 Å². The summed E-state index contributed by atoms with van der Waals surface area (Å²) in [6, 6.07) is 18.2. The Morgan fingerprint density at radius 1 is 0.650 bits per heavy atom. The van der Waals surface area contributed by atoms with Crippen LogP contribution < -0.4 is 0 Å². The van der Waals surface area contributed by atoms with Crippen LogP contribution in [0.3, 0.4) is 0 Å². The molecule has 0 unspecified atom stereocenters. The van der Waals surface area contributed by atoms with E-state index in [0.717, 1.165) is 0 Å². The van der Waals surface area contributed by atoms with Gasteiger partial charge in [-0.1, -0.05) is 62.4 Å². The molecule has 0 heteroatoms. The van der Waals surface area contributed by atoms with Crippen molar-refractivity contribution in [2.45, 2.75) is 26.7 Å². The van der Waals surface area contributed by atoms with Crippen LogP contribution in [-0.4, -0.2) is 0 Å². The number of hydrogen-bond donors (Lipinski definition) is 0. The van der Waals surface area contributed by atoms with Crippen LogP contribution in [0.1, 0.15) is 30.9 Å². The summed E-state index contributed by atoms with van der Waals surface area (Å²) in [6.07, 6.45) is 0. The lowest BCUT2D eigenvalue weighted by atomic mass is 9.88. The van der Waals surface area contributed by atoms with Crippen molar-refractivity contribution in [1.82, 2.24) is 0 Å². The van der Waals surface area contributed by atoms with Crippen molar-refractivity contribution < 1.29 is 0 Å². The fraction of sp³-hybridized carbons (Fsp3) is 0.200. The zero-order valence-electron chi connectivity index (χ0n) is 12.2. The van der Waals surface area contributed by atoms with E-state index in [1.165, 1.54) is 43.4 Å². The zero-order valence-corrected chi connectivity index (χ0v) is 12.2. The van der Waals surface area contributed by atoms with Gasteiger partial charge in [-0.3, -0.25) is 0 Å². The molecule has 0 fully saturated rings. The molecule has 0 amide bonds. The minimum Gasteiger partial charge on any atom is -0.0587 e. The minimum absolute atomic E-state index is 0.556. The Balaban J connectivity index is 2.35. The average Bonchev–Trinajstić information content (AvgIpc) is 2.46. The smallest absolute Gasteiger partial charge is 0.00238 e. The molecular weight excluding hydrogens is 240 g/mol. The van der Waals surface area contributed by atoms with E-state index in [2.05, 4.69) is 69.3 Å². The topological polar surface area (TPSA) is 0 Å². The first-order valence-electron chi connectivity index (χ1n) is 7.34. The molecular formula is C20H18. The van der Waals surface area contributed by atoms with Gasteiger partial charge in [0.25, 0.3) is 0 Å². The molecule has 0 N–H and O–H groups in total. The molecule has 0 aliphatic rings. The number of hydrogen-bond acceptors (Lipinski definition) is 0. The first kappa shape index (κ1) is 11.7. The van der Waals surface area contributed by atoms with Crippen molar-refractivity contribution in [3.8, 4) is 0 Å². The molecule has 0 bridgehead atoms. The first-order chi connectivity index (χ1) is 9.66. The van der Waals surface area contributed by atoms with Gasteiger partial charge < -0.3 is 0 Å². The predicted octanol–water partition coefficient (Wildman–Crippen LogP) is 6.02. The standard InChI is InChI=1S/C20H18/c1-12(2)16-9-8-15-7-6-14-5-4-13(3)17-10-11-18(16)20(15)19(14)17/h4-12H,1-3H3. The summed E-state index contributed by atoms with van der Waals surface area (Å²) in [4.78, 5) is 0. The molecule has 0 atom stereocenters. The maximum Gasteiger partial charge on any atom is -0.00238 e. The summed E-state index contributed by atoms with van der Waals surface area (Å²) >= 11 is 0. The van der Waals surface area contributed by atoms with Crippen LogP contribution in [0, 0.1) is 6.92 Å². The van der Waals surface area contributed by atoms with Gasteiger partial charge >= 0.3 is 0 Å². The van der Waals surface area contributed by atoms with Crippen LogP contribution in [0.15, 0.2) is 48.5 Å². The van der Waals surface area contributed by atoms with Gasteiger partial charge in [0.15, 0.2) is 0 Å². The van der Waals surface area contributed by atoms with Gasteiger partial charge in [-0.2, -0.15) is 0 Å². The third-order valence-corrected chi connectivity index (χ3v) is 4.54. The Labute approximate surface area is 119 Å². The minimum atomic E-state index is 0.556. The lowest BCUT2D eigenvalue weighted by Gasteiger charge is -2.16. The van der Waals surface area contributed by atoms with Crippen LogP contribution in [0.25, 0.3) is 32.3 Å². The summed E-state index contributed by atoms with van der Waals surface area (Å²) in [5.41, 5.74) is 2.82. The molecule has 0 radical (unpaired) electrons. The van der Waals surface area contributed by atoms with Gasteiger partial charge in [0.05, 0.1) is 0 Å². The SMILES string of the molecule is Cc1ccc2ccc3ccc(C(C)C)c4ccc1c2c34. The fourth-order valence-corrected chi connectivity index (χ4v) is 3.47. The largest absolute Gasteiger partial charge is 0.0587 e. The summed E-state index contributed by atoms with van der Waals surface area (Å²) < 4.78 is 0. The van der Waals surface area contributed by atoms with Crippen molar-refractivity contribution in [2.75, 3.05) is 0 Å². The van der Waals surface area contributed by atoms with Crippen molar-refractivity contribution >= 4 is 32.3 Å². The highest BCUT2D eigenvalue weighted by molar-refractivity contribution is 6.24. The molecule has 0 saturated heterocycles. The lowest BCUT2D eigenvalue weighted by molar-refractivity contribution is 0.877. The maximum absolute atomic E-state index is 2.31. The molecule has 4 rings (SSSR count). The summed E-state index contributed by atoms with van der Waals surface area (Å²) in [6.45, 7) is 6.75. The Hall–Kier alpha value is -2.08. The molecule has 4 aromatic rings. The normalized spacial score (nSPS) is 12.2. The van der Waals surface area contributed by atoms with Gasteiger partial charge in [-0.15, -0.1) is 0 Å². The van der Waals surface area contributed by atoms with Gasteiger partial charge in [-0.05, 0) is 56.3 Å². The van der Waals surface area contributed by atoms with Gasteiger partial charge in [0.2, 0.25) is 0 Å². The Kier molecular flexibility index (Phi) is 2.32. The van der Waals surface area contributed by atoms with Crippen LogP contribution >= 0.6 is 0 Å². The zero-order chi connectivity index (χ0) is 13.9. The quantitative estimate of drug-likeness (QED) is 0.366. The Morgan fingerprint density at radius 3 is 1.90 bits per heavy atom. The highest BCUT2D eigenvalue weighted by atomic mass is 14.2. The summed E-state index contributed by atoms with van der Waals surface area (Å²) in [5, 5.41) is 8.39. The summed E-state index contributed by atoms with van der Waals surface area (Å²) in [7, 11) is 0. The van der Waals surface area contributed by atoms with Crippen molar-refractivity contribution in [3.05, 3.63) is 59.7 Å². The number of rotatable bonds is 1. The molecule has 0 aliphatic carbocycles. The van der Waals surface area contributed by atoms with Gasteiger partial charge in [-0.25, -0.2) is 0 Å². The van der Waals surface area contributed by atoms with E-state index in [0.29, 0.717) is 5.92 Å². The first-order valence-corrected chi connectivity index (χ1v) is 7.34. The van der Waals surface area contributed by atoms with Crippen LogP contribution in [-0.2, 0) is 0 Å². The monoisotopic (exact) mass is 258 g/mol. The third-order valence-electron chi connectivity index (χ3n) is 4.54. The molecule has 0 aliphatic heterocycles. The number of aryl methyl sites for hydroxylation is 1. The summed E-state index contributed by atoms with van der Waals surface area (Å²) in [5.74, 6) is 0.556. The van der Waals surface area contributed by atoms with Crippen molar-refractivity contribution in [3.63, 3.8) is 0 Å². The van der Waals surface area contributed by atoms with Crippen molar-refractivity contribution in [1.29, 1.82) is 0 Å². The molecule has 20 heavy (non-hydrogen) atoms.